The van der Waals surface area contributed by atoms with Gasteiger partial charge in [-0.25, -0.2) is 4.99 Å². The van der Waals surface area contributed by atoms with E-state index >= 15 is 0 Å². The molecule has 0 spiro atoms. The van der Waals surface area contributed by atoms with Crippen molar-refractivity contribution in [1.82, 2.24) is 25.4 Å². The maximum Gasteiger partial charge on any atom is 0.191 e. The van der Waals surface area contributed by atoms with Crippen molar-refractivity contribution in [2.75, 3.05) is 19.6 Å². The molecule has 170 valence electrons. The third-order valence-corrected chi connectivity index (χ3v) is 5.75. The van der Waals surface area contributed by atoms with Gasteiger partial charge in [0.15, 0.2) is 5.96 Å². The summed E-state index contributed by atoms with van der Waals surface area (Å²) in [4.78, 5) is 4.72. The molecule has 1 aliphatic heterocycles. The fraction of sp³-hybridized carbons (Fsp3) is 0.609. The number of ether oxygens (including phenoxy) is 1. The average molecular weight is 447 g/mol. The van der Waals surface area contributed by atoms with Crippen LogP contribution in [0.4, 0.5) is 0 Å². The minimum absolute atomic E-state index is 0.0261. The van der Waals surface area contributed by atoms with Crippen molar-refractivity contribution >= 4 is 17.6 Å². The summed E-state index contributed by atoms with van der Waals surface area (Å²) in [7, 11) is 0. The third-order valence-electron chi connectivity index (χ3n) is 5.44. The van der Waals surface area contributed by atoms with Gasteiger partial charge in [-0.2, -0.15) is 0 Å². The lowest BCUT2D eigenvalue weighted by molar-refractivity contribution is 0.206. The van der Waals surface area contributed by atoms with E-state index < -0.39 is 0 Å². The number of nitrogens with zero attached hydrogens (tertiary/aromatic N) is 4. The first kappa shape index (κ1) is 23.4. The number of aromatic nitrogens is 3. The van der Waals surface area contributed by atoms with Crippen LogP contribution in [-0.2, 0) is 19.4 Å². The summed E-state index contributed by atoms with van der Waals surface area (Å²) >= 11 is 6.22. The van der Waals surface area contributed by atoms with E-state index in [-0.39, 0.29) is 6.10 Å². The first-order valence-electron chi connectivity index (χ1n) is 11.6. The van der Waals surface area contributed by atoms with Gasteiger partial charge in [0.1, 0.15) is 23.5 Å². The number of nitrogens with one attached hydrogen (secondary N) is 2. The largest absolute Gasteiger partial charge is 0.487 e. The number of aryl methyl sites for hydroxylation is 2. The molecule has 0 saturated carbocycles. The van der Waals surface area contributed by atoms with Crippen LogP contribution in [0.3, 0.4) is 0 Å². The minimum atomic E-state index is -0.0261. The van der Waals surface area contributed by atoms with Gasteiger partial charge < -0.3 is 19.9 Å². The molecule has 2 aromatic rings. The van der Waals surface area contributed by atoms with Gasteiger partial charge in [-0.1, -0.05) is 37.1 Å². The highest BCUT2D eigenvalue weighted by atomic mass is 35.5. The van der Waals surface area contributed by atoms with Gasteiger partial charge >= 0.3 is 0 Å². The Hall–Kier alpha value is -2.28. The molecule has 2 heterocycles. The number of hydrogen-bond acceptors (Lipinski definition) is 4. The van der Waals surface area contributed by atoms with E-state index in [1.54, 1.807) is 0 Å². The van der Waals surface area contributed by atoms with E-state index in [0.717, 1.165) is 62.9 Å². The van der Waals surface area contributed by atoms with Crippen LogP contribution in [0, 0.1) is 0 Å². The molecule has 0 radical (unpaired) electrons. The molecule has 1 aromatic heterocycles. The number of fused-ring (bicyclic) bond motifs is 1. The van der Waals surface area contributed by atoms with Crippen molar-refractivity contribution in [3.8, 4) is 5.75 Å². The molecule has 1 aliphatic rings. The highest BCUT2D eigenvalue weighted by Gasteiger charge is 2.14. The second kappa shape index (κ2) is 12.5. The number of halogens is 1. The molecule has 3 rings (SSSR count). The maximum absolute atomic E-state index is 6.22. The van der Waals surface area contributed by atoms with Gasteiger partial charge in [-0.15, -0.1) is 10.2 Å². The van der Waals surface area contributed by atoms with E-state index in [1.165, 1.54) is 19.3 Å². The molecule has 0 bridgehead atoms. The average Bonchev–Trinajstić information content (AvgIpc) is 3.00. The number of aliphatic imine (C=N–C) groups is 1. The molecule has 0 aliphatic carbocycles. The molecule has 0 amide bonds. The lowest BCUT2D eigenvalue weighted by atomic mass is 10.2. The summed E-state index contributed by atoms with van der Waals surface area (Å²) in [5.74, 6) is 3.78. The van der Waals surface area contributed by atoms with Crippen LogP contribution in [-0.4, -0.2) is 46.5 Å². The number of rotatable bonds is 10. The Bertz CT molecular complexity index is 837. The van der Waals surface area contributed by atoms with Crippen LogP contribution in [0.2, 0.25) is 5.02 Å². The van der Waals surface area contributed by atoms with Crippen LogP contribution >= 0.6 is 11.6 Å². The molecule has 31 heavy (non-hydrogen) atoms. The Morgan fingerprint density at radius 3 is 2.87 bits per heavy atom. The molecule has 1 unspecified atom stereocenters. The Labute approximate surface area is 190 Å². The smallest absolute Gasteiger partial charge is 0.191 e. The van der Waals surface area contributed by atoms with Crippen LogP contribution < -0.4 is 15.4 Å². The number of guanidine groups is 1. The zero-order valence-corrected chi connectivity index (χ0v) is 19.5. The molecule has 7 nitrogen and oxygen atoms in total. The van der Waals surface area contributed by atoms with Crippen LogP contribution in [0.5, 0.6) is 5.75 Å². The first-order valence-corrected chi connectivity index (χ1v) is 11.9. The molecule has 0 fully saturated rings. The van der Waals surface area contributed by atoms with E-state index in [0.29, 0.717) is 17.3 Å². The van der Waals surface area contributed by atoms with Crippen molar-refractivity contribution < 1.29 is 4.74 Å². The lowest BCUT2D eigenvalue weighted by Crippen LogP contribution is -2.38. The molecule has 1 atom stereocenters. The van der Waals surface area contributed by atoms with Crippen LogP contribution in [0.25, 0.3) is 0 Å². The van der Waals surface area contributed by atoms with Crippen molar-refractivity contribution in [3.05, 3.63) is 40.9 Å². The van der Waals surface area contributed by atoms with Gasteiger partial charge in [0.05, 0.1) is 11.6 Å². The first-order chi connectivity index (χ1) is 15.2. The van der Waals surface area contributed by atoms with Gasteiger partial charge in [0, 0.05) is 32.5 Å². The van der Waals surface area contributed by atoms with Gasteiger partial charge in [-0.3, -0.25) is 0 Å². The fourth-order valence-corrected chi connectivity index (χ4v) is 3.87. The van der Waals surface area contributed by atoms with Crippen molar-refractivity contribution in [2.45, 2.75) is 71.4 Å². The van der Waals surface area contributed by atoms with Crippen molar-refractivity contribution in [3.63, 3.8) is 0 Å². The van der Waals surface area contributed by atoms with Crippen LogP contribution in [0.1, 0.15) is 57.6 Å². The molecular formula is C23H35ClN6O. The Morgan fingerprint density at radius 1 is 1.19 bits per heavy atom. The van der Waals surface area contributed by atoms with Gasteiger partial charge in [0.25, 0.3) is 0 Å². The van der Waals surface area contributed by atoms with E-state index in [9.17, 15) is 0 Å². The zero-order valence-electron chi connectivity index (χ0n) is 18.7. The Balaban J connectivity index is 1.48. The number of para-hydroxylation sites is 1. The summed E-state index contributed by atoms with van der Waals surface area (Å²) < 4.78 is 8.37. The second-order valence-corrected chi connectivity index (χ2v) is 8.23. The molecule has 8 heteroatoms. The number of benzene rings is 1. The zero-order chi connectivity index (χ0) is 21.9. The topological polar surface area (TPSA) is 76.4 Å². The summed E-state index contributed by atoms with van der Waals surface area (Å²) in [5, 5.41) is 16.2. The molecule has 2 N–H and O–H groups in total. The molecule has 0 saturated heterocycles. The SMILES string of the molecule is CCNC(=NCC(CC)Oc1ccccc1Cl)NCCCc1nnc2n1CCCCC2. The van der Waals surface area contributed by atoms with Gasteiger partial charge in [0.2, 0.25) is 0 Å². The highest BCUT2D eigenvalue weighted by Crippen LogP contribution is 2.24. The summed E-state index contributed by atoms with van der Waals surface area (Å²) in [5.41, 5.74) is 0. The van der Waals surface area contributed by atoms with E-state index in [1.807, 2.05) is 24.3 Å². The summed E-state index contributed by atoms with van der Waals surface area (Å²) in [6.45, 7) is 7.43. The molecular weight excluding hydrogens is 412 g/mol. The number of hydrogen-bond donors (Lipinski definition) is 2. The summed E-state index contributed by atoms with van der Waals surface area (Å²) in [6.07, 6.45) is 7.52. The fourth-order valence-electron chi connectivity index (χ4n) is 3.69. The second-order valence-electron chi connectivity index (χ2n) is 7.82. The lowest BCUT2D eigenvalue weighted by Gasteiger charge is -2.18. The van der Waals surface area contributed by atoms with Crippen LogP contribution in [0.15, 0.2) is 29.3 Å². The maximum atomic E-state index is 6.22. The standard InChI is InChI=1S/C23H35ClN6O/c1-3-18(31-20-12-8-7-11-19(20)24)17-27-23(25-4-2)26-15-10-14-22-29-28-21-13-6-5-9-16-30(21)22/h7-8,11-12,18H,3-6,9-10,13-17H2,1-2H3,(H2,25,26,27). The van der Waals surface area contributed by atoms with Crippen molar-refractivity contribution in [2.24, 2.45) is 4.99 Å². The minimum Gasteiger partial charge on any atom is -0.487 e. The highest BCUT2D eigenvalue weighted by molar-refractivity contribution is 6.32. The van der Waals surface area contributed by atoms with E-state index in [4.69, 9.17) is 21.3 Å². The third kappa shape index (κ3) is 7.13. The Kier molecular flexibility index (Phi) is 9.46. The van der Waals surface area contributed by atoms with Crippen molar-refractivity contribution in [1.29, 1.82) is 0 Å². The normalized spacial score (nSPS) is 15.1. The summed E-state index contributed by atoms with van der Waals surface area (Å²) in [6, 6.07) is 7.56. The van der Waals surface area contributed by atoms with Gasteiger partial charge in [-0.05, 0) is 44.7 Å². The predicted molar refractivity (Wildman–Crippen MR) is 126 cm³/mol. The molecule has 1 aromatic carbocycles. The monoisotopic (exact) mass is 446 g/mol. The predicted octanol–water partition coefficient (Wildman–Crippen LogP) is 4.00. The van der Waals surface area contributed by atoms with E-state index in [2.05, 4.69) is 39.2 Å². The quantitative estimate of drug-likeness (QED) is 0.327. The Morgan fingerprint density at radius 2 is 2.06 bits per heavy atom.